The highest BCUT2D eigenvalue weighted by Gasteiger charge is 2.49. The molecule has 0 bridgehead atoms. The van der Waals surface area contributed by atoms with Crippen molar-refractivity contribution >= 4 is 23.6 Å². The highest BCUT2D eigenvalue weighted by molar-refractivity contribution is 8.04. The number of hydrogen-bond acceptors (Lipinski definition) is 5. The fraction of sp³-hybridized carbons (Fsp3) is 0.182. The molecule has 2 aliphatic rings. The second-order valence-corrected chi connectivity index (χ2v) is 7.79. The summed E-state index contributed by atoms with van der Waals surface area (Å²) < 4.78 is 5.95. The van der Waals surface area contributed by atoms with Gasteiger partial charge in [-0.3, -0.25) is 4.79 Å². The Morgan fingerprint density at radius 3 is 2.25 bits per heavy atom. The summed E-state index contributed by atoms with van der Waals surface area (Å²) in [4.78, 5) is 27.1. The van der Waals surface area contributed by atoms with Gasteiger partial charge in [0, 0.05) is 6.54 Å². The average molecular weight is 392 g/mol. The summed E-state index contributed by atoms with van der Waals surface area (Å²) in [5, 5.41) is -0.231. The zero-order valence-electron chi connectivity index (χ0n) is 15.2. The van der Waals surface area contributed by atoms with E-state index < -0.39 is 18.1 Å². The van der Waals surface area contributed by atoms with Gasteiger partial charge in [-0.1, -0.05) is 85.1 Å². The van der Waals surface area contributed by atoms with Crippen LogP contribution >= 0.6 is 11.8 Å². The smallest absolute Gasteiger partial charge is 0.345 e. The fourth-order valence-corrected chi connectivity index (χ4v) is 4.64. The summed E-state index contributed by atoms with van der Waals surface area (Å²) in [6.07, 6.45) is 1.08. The molecule has 2 aromatic carbocycles. The SMILES string of the molecule is C=CC1=C(C(=O)OC(c2ccccc2)c2ccccc2)S[C@@H]2[C@H](N)C(=O)N2C1. The van der Waals surface area contributed by atoms with Crippen LogP contribution in [0, 0.1) is 0 Å². The Morgan fingerprint density at radius 2 is 1.71 bits per heavy atom. The van der Waals surface area contributed by atoms with Crippen LogP contribution in [0.15, 0.2) is 83.8 Å². The molecule has 0 aromatic heterocycles. The Morgan fingerprint density at radius 1 is 1.14 bits per heavy atom. The molecule has 28 heavy (non-hydrogen) atoms. The molecule has 0 spiro atoms. The van der Waals surface area contributed by atoms with Crippen LogP contribution < -0.4 is 5.73 Å². The summed E-state index contributed by atoms with van der Waals surface area (Å²) in [6.45, 7) is 4.12. The molecule has 0 aliphatic carbocycles. The van der Waals surface area contributed by atoms with Gasteiger partial charge in [-0.2, -0.15) is 0 Å². The highest BCUT2D eigenvalue weighted by atomic mass is 32.2. The Kier molecular flexibility index (Phi) is 5.07. The molecule has 0 saturated carbocycles. The third-order valence-corrected chi connectivity index (χ3v) is 6.37. The first-order valence-electron chi connectivity index (χ1n) is 8.99. The molecule has 1 fully saturated rings. The van der Waals surface area contributed by atoms with Crippen LogP contribution in [0.4, 0.5) is 0 Å². The van der Waals surface area contributed by atoms with Crippen LogP contribution in [0.25, 0.3) is 0 Å². The van der Waals surface area contributed by atoms with Crippen LogP contribution in [0.2, 0.25) is 0 Å². The number of rotatable bonds is 5. The maximum absolute atomic E-state index is 13.1. The monoisotopic (exact) mass is 392 g/mol. The lowest BCUT2D eigenvalue weighted by atomic mass is 10.0. The van der Waals surface area contributed by atoms with Gasteiger partial charge in [0.1, 0.15) is 11.4 Å². The minimum atomic E-state index is -0.585. The molecule has 0 radical (unpaired) electrons. The Labute approximate surface area is 167 Å². The summed E-state index contributed by atoms with van der Waals surface area (Å²) in [5.41, 5.74) is 8.36. The molecule has 5 nitrogen and oxygen atoms in total. The van der Waals surface area contributed by atoms with E-state index in [9.17, 15) is 9.59 Å². The minimum absolute atomic E-state index is 0.101. The van der Waals surface area contributed by atoms with Gasteiger partial charge in [-0.15, -0.1) is 0 Å². The number of esters is 1. The van der Waals surface area contributed by atoms with Crippen molar-refractivity contribution < 1.29 is 14.3 Å². The lowest BCUT2D eigenvalue weighted by Gasteiger charge is -2.47. The van der Waals surface area contributed by atoms with E-state index in [1.165, 1.54) is 11.8 Å². The number of thioether (sulfide) groups is 1. The Balaban J connectivity index is 1.63. The second kappa shape index (κ2) is 7.66. The van der Waals surface area contributed by atoms with Gasteiger partial charge >= 0.3 is 5.97 Å². The van der Waals surface area contributed by atoms with Crippen molar-refractivity contribution in [3.63, 3.8) is 0 Å². The number of nitrogens with zero attached hydrogens (tertiary/aromatic N) is 1. The van der Waals surface area contributed by atoms with Gasteiger partial charge in [0.05, 0.1) is 4.91 Å². The zero-order chi connectivity index (χ0) is 19.7. The van der Waals surface area contributed by atoms with Crippen molar-refractivity contribution in [3.05, 3.63) is 94.9 Å². The van der Waals surface area contributed by atoms with Crippen molar-refractivity contribution in [1.82, 2.24) is 4.90 Å². The molecule has 2 N–H and O–H groups in total. The Bertz CT molecular complexity index is 903. The van der Waals surface area contributed by atoms with Gasteiger partial charge in [-0.05, 0) is 16.7 Å². The second-order valence-electron chi connectivity index (χ2n) is 6.67. The van der Waals surface area contributed by atoms with Crippen molar-refractivity contribution in [2.45, 2.75) is 17.5 Å². The van der Waals surface area contributed by atoms with E-state index in [0.29, 0.717) is 17.0 Å². The number of carbonyl (C=O) groups excluding carboxylic acids is 2. The van der Waals surface area contributed by atoms with Gasteiger partial charge in [0.2, 0.25) is 5.91 Å². The summed E-state index contributed by atoms with van der Waals surface area (Å²) in [7, 11) is 0. The van der Waals surface area contributed by atoms with Crippen molar-refractivity contribution in [2.24, 2.45) is 5.73 Å². The van der Waals surface area contributed by atoms with Crippen LogP contribution in [-0.2, 0) is 14.3 Å². The molecular formula is C22H20N2O3S. The predicted molar refractivity (Wildman–Crippen MR) is 109 cm³/mol. The van der Waals surface area contributed by atoms with E-state index in [1.807, 2.05) is 60.7 Å². The fourth-order valence-electron chi connectivity index (χ4n) is 3.39. The van der Waals surface area contributed by atoms with E-state index in [0.717, 1.165) is 11.1 Å². The number of ether oxygens (including phenoxy) is 1. The molecule has 4 rings (SSSR count). The Hall–Kier alpha value is -2.83. The van der Waals surface area contributed by atoms with Crippen LogP contribution in [0.3, 0.4) is 0 Å². The first-order chi connectivity index (χ1) is 13.6. The minimum Gasteiger partial charge on any atom is -0.449 e. The summed E-state index contributed by atoms with van der Waals surface area (Å²) in [6, 6.07) is 18.7. The lowest BCUT2D eigenvalue weighted by Crippen LogP contribution is -2.68. The molecule has 2 heterocycles. The molecule has 2 aromatic rings. The van der Waals surface area contributed by atoms with Gasteiger partial charge in [0.25, 0.3) is 0 Å². The van der Waals surface area contributed by atoms with Crippen molar-refractivity contribution in [3.8, 4) is 0 Å². The van der Waals surface area contributed by atoms with E-state index >= 15 is 0 Å². The number of nitrogens with two attached hydrogens (primary N) is 1. The standard InChI is InChI=1S/C22H20N2O3S/c1-2-14-13-24-20(25)17(23)21(24)28-19(14)22(26)27-18(15-9-5-3-6-10-15)16-11-7-4-8-12-16/h2-12,17-18,21H,1,13,23H2/t17-,21-/m1/s1. The number of β-lactam (4-membered cyclic amide) rings is 1. The number of amides is 1. The van der Waals surface area contributed by atoms with Crippen molar-refractivity contribution in [2.75, 3.05) is 6.54 Å². The predicted octanol–water partition coefficient (Wildman–Crippen LogP) is 3.00. The van der Waals surface area contributed by atoms with Crippen LogP contribution in [-0.4, -0.2) is 34.7 Å². The molecule has 2 atom stereocenters. The maximum Gasteiger partial charge on any atom is 0.345 e. The summed E-state index contributed by atoms with van der Waals surface area (Å²) in [5.74, 6) is -0.528. The molecule has 0 unspecified atom stereocenters. The van der Waals surface area contributed by atoms with Crippen molar-refractivity contribution in [1.29, 1.82) is 0 Å². The van der Waals surface area contributed by atoms with Gasteiger partial charge < -0.3 is 15.4 Å². The zero-order valence-corrected chi connectivity index (χ0v) is 16.0. The average Bonchev–Trinajstić information content (AvgIpc) is 2.76. The van der Waals surface area contributed by atoms with E-state index in [-0.39, 0.29) is 11.3 Å². The third kappa shape index (κ3) is 3.25. The maximum atomic E-state index is 13.1. The first-order valence-corrected chi connectivity index (χ1v) is 9.87. The van der Waals surface area contributed by atoms with Crippen LogP contribution in [0.1, 0.15) is 17.2 Å². The van der Waals surface area contributed by atoms with Crippen LogP contribution in [0.5, 0.6) is 0 Å². The third-order valence-electron chi connectivity index (χ3n) is 4.91. The quantitative estimate of drug-likeness (QED) is 0.626. The molecule has 142 valence electrons. The van der Waals surface area contributed by atoms with E-state index in [2.05, 4.69) is 6.58 Å². The molecule has 6 heteroatoms. The van der Waals surface area contributed by atoms with E-state index in [1.54, 1.807) is 11.0 Å². The molecule has 1 saturated heterocycles. The van der Waals surface area contributed by atoms with Gasteiger partial charge in [0.15, 0.2) is 6.10 Å². The molecular weight excluding hydrogens is 372 g/mol. The lowest BCUT2D eigenvalue weighted by molar-refractivity contribution is -0.145. The number of hydrogen-bond donors (Lipinski definition) is 1. The molecule has 2 aliphatic heterocycles. The largest absolute Gasteiger partial charge is 0.449 e. The van der Waals surface area contributed by atoms with Gasteiger partial charge in [-0.25, -0.2) is 4.79 Å². The normalized spacial score (nSPS) is 21.2. The first kappa shape index (κ1) is 18.5. The topological polar surface area (TPSA) is 72.6 Å². The number of benzene rings is 2. The number of fused-ring (bicyclic) bond motifs is 1. The highest BCUT2D eigenvalue weighted by Crippen LogP contribution is 2.42. The number of carbonyl (C=O) groups is 2. The summed E-state index contributed by atoms with van der Waals surface area (Å²) >= 11 is 1.28. The molecule has 1 amide bonds. The van der Waals surface area contributed by atoms with E-state index in [4.69, 9.17) is 10.5 Å².